The normalized spacial score (nSPS) is 13.5. The molecule has 0 aliphatic heterocycles. The molecule has 2 unspecified atom stereocenters. The van der Waals surface area contributed by atoms with Gasteiger partial charge in [0.25, 0.3) is 0 Å². The second-order valence-electron chi connectivity index (χ2n) is 19.3. The molecule has 0 aliphatic rings. The van der Waals surface area contributed by atoms with Crippen molar-refractivity contribution in [1.82, 2.24) is 5.32 Å². The van der Waals surface area contributed by atoms with Gasteiger partial charge in [0.2, 0.25) is 5.91 Å². The van der Waals surface area contributed by atoms with E-state index < -0.39 is 12.1 Å². The van der Waals surface area contributed by atoms with Crippen molar-refractivity contribution in [3.05, 3.63) is 85.1 Å². The molecule has 0 fully saturated rings. The summed E-state index contributed by atoms with van der Waals surface area (Å²) in [6.07, 6.45) is 83.2. The van der Waals surface area contributed by atoms with Crippen LogP contribution in [0, 0.1) is 0 Å². The molecule has 0 rings (SSSR count). The molecule has 0 radical (unpaired) electrons. The Morgan fingerprint density at radius 3 is 1.06 bits per heavy atom. The number of hydrogen-bond acceptors (Lipinski definition) is 3. The Morgan fingerprint density at radius 2 is 0.682 bits per heavy atom. The lowest BCUT2D eigenvalue weighted by Crippen LogP contribution is -2.45. The second-order valence-corrected chi connectivity index (χ2v) is 19.3. The summed E-state index contributed by atoms with van der Waals surface area (Å²) >= 11 is 0. The minimum absolute atomic E-state index is 0.0755. The molecule has 1 amide bonds. The van der Waals surface area contributed by atoms with Gasteiger partial charge < -0.3 is 15.5 Å². The molecule has 2 atom stereocenters. The maximum absolute atomic E-state index is 12.5. The molecule has 0 aromatic carbocycles. The molecule has 0 heterocycles. The van der Waals surface area contributed by atoms with Gasteiger partial charge in [-0.3, -0.25) is 4.79 Å². The average molecular weight is 919 g/mol. The van der Waals surface area contributed by atoms with Gasteiger partial charge in [-0.1, -0.05) is 285 Å². The van der Waals surface area contributed by atoms with Gasteiger partial charge >= 0.3 is 0 Å². The van der Waals surface area contributed by atoms with Crippen molar-refractivity contribution in [2.45, 2.75) is 296 Å². The van der Waals surface area contributed by atoms with Crippen LogP contribution >= 0.6 is 0 Å². The molecule has 4 nitrogen and oxygen atoms in total. The number of hydrogen-bond donors (Lipinski definition) is 3. The molecule has 382 valence electrons. The largest absolute Gasteiger partial charge is 0.394 e. The van der Waals surface area contributed by atoms with Crippen molar-refractivity contribution in [3.63, 3.8) is 0 Å². The fraction of sp³-hybridized carbons (Fsp3) is 0.758. The molecule has 0 saturated carbocycles. The zero-order valence-electron chi connectivity index (χ0n) is 43.9. The van der Waals surface area contributed by atoms with Crippen LogP contribution < -0.4 is 5.32 Å². The smallest absolute Gasteiger partial charge is 0.220 e. The Morgan fingerprint density at radius 1 is 0.379 bits per heavy atom. The van der Waals surface area contributed by atoms with E-state index in [0.717, 1.165) is 64.2 Å². The summed E-state index contributed by atoms with van der Waals surface area (Å²) in [5.41, 5.74) is 0. The van der Waals surface area contributed by atoms with E-state index in [9.17, 15) is 15.0 Å². The van der Waals surface area contributed by atoms with Gasteiger partial charge in [0.05, 0.1) is 18.8 Å². The molecule has 0 aromatic heterocycles. The summed E-state index contributed by atoms with van der Waals surface area (Å²) in [5, 5.41) is 23.2. The van der Waals surface area contributed by atoms with E-state index in [1.54, 1.807) is 6.08 Å². The standard InChI is InChI=1S/C62H111NO3/c1-3-5-7-9-11-13-15-17-19-21-23-25-27-29-30-31-32-34-36-38-40-42-44-46-48-50-52-54-56-58-62(66)63-60(59-64)61(65)57-55-53-51-49-47-45-43-41-39-37-35-33-28-26-24-22-20-18-16-14-12-10-8-6-4-2/h5,7,11,13,17,19,23,25,29-30,47,49,55,57,60-61,64-65H,3-4,6,8-10,12,14-16,18,20-22,24,26-28,31-46,48,50-54,56,58-59H2,1-2H3,(H,63,66)/b7-5-,13-11-,19-17-,25-23-,30-29-,49-47+,57-55+. The van der Waals surface area contributed by atoms with Crippen molar-refractivity contribution < 1.29 is 15.0 Å². The molecular weight excluding hydrogens is 807 g/mol. The van der Waals surface area contributed by atoms with Crippen LogP contribution in [0.25, 0.3) is 0 Å². The van der Waals surface area contributed by atoms with Crippen LogP contribution in [0.4, 0.5) is 0 Å². The summed E-state index contributed by atoms with van der Waals surface area (Å²) < 4.78 is 0. The van der Waals surface area contributed by atoms with Crippen molar-refractivity contribution in [3.8, 4) is 0 Å². The number of nitrogens with one attached hydrogen (secondary N) is 1. The number of amides is 1. The fourth-order valence-electron chi connectivity index (χ4n) is 8.52. The second kappa shape index (κ2) is 56.9. The molecule has 0 aromatic rings. The predicted octanol–water partition coefficient (Wildman–Crippen LogP) is 19.1. The van der Waals surface area contributed by atoms with Crippen molar-refractivity contribution >= 4 is 5.91 Å². The number of unbranched alkanes of at least 4 members (excludes halogenated alkanes) is 33. The number of carbonyl (C=O) groups excluding carboxylic acids is 1. The SMILES string of the molecule is CC/C=C\C/C=C\C/C=C\C/C=C\C/C=C\CCCCCCCCCCCCCCCC(=O)NC(CO)C(O)/C=C/CC/C=C/CCCCCCCCCCCCCCCCCCCCC. The highest BCUT2D eigenvalue weighted by Crippen LogP contribution is 2.16. The summed E-state index contributed by atoms with van der Waals surface area (Å²) in [6, 6.07) is -0.645. The first-order valence-corrected chi connectivity index (χ1v) is 28.8. The van der Waals surface area contributed by atoms with Gasteiger partial charge in [-0.25, -0.2) is 0 Å². The van der Waals surface area contributed by atoms with Crippen molar-refractivity contribution in [1.29, 1.82) is 0 Å². The quantitative estimate of drug-likeness (QED) is 0.0421. The number of aliphatic hydroxyl groups is 2. The number of aliphatic hydroxyl groups excluding tert-OH is 2. The Hall–Kier alpha value is -2.43. The van der Waals surface area contributed by atoms with Crippen LogP contribution in [0.15, 0.2) is 85.1 Å². The van der Waals surface area contributed by atoms with Crippen LogP contribution in [0.2, 0.25) is 0 Å². The molecule has 66 heavy (non-hydrogen) atoms. The molecule has 3 N–H and O–H groups in total. The molecule has 0 saturated heterocycles. The summed E-state index contributed by atoms with van der Waals surface area (Å²) in [4.78, 5) is 12.5. The topological polar surface area (TPSA) is 69.6 Å². The van der Waals surface area contributed by atoms with E-state index in [-0.39, 0.29) is 12.5 Å². The van der Waals surface area contributed by atoms with Crippen molar-refractivity contribution in [2.24, 2.45) is 0 Å². The maximum Gasteiger partial charge on any atom is 0.220 e. The number of allylic oxidation sites excluding steroid dienone is 13. The van der Waals surface area contributed by atoms with E-state index in [2.05, 4.69) is 92.1 Å². The summed E-state index contributed by atoms with van der Waals surface area (Å²) in [5.74, 6) is -0.0755. The van der Waals surface area contributed by atoms with E-state index in [1.807, 2.05) is 6.08 Å². The van der Waals surface area contributed by atoms with Gasteiger partial charge in [-0.2, -0.15) is 0 Å². The summed E-state index contributed by atoms with van der Waals surface area (Å²) in [7, 11) is 0. The first kappa shape index (κ1) is 63.6. The highest BCUT2D eigenvalue weighted by molar-refractivity contribution is 5.76. The van der Waals surface area contributed by atoms with Crippen molar-refractivity contribution in [2.75, 3.05) is 6.61 Å². The highest BCUT2D eigenvalue weighted by atomic mass is 16.3. The minimum atomic E-state index is -0.868. The van der Waals surface area contributed by atoms with Gasteiger partial charge in [0.1, 0.15) is 0 Å². The van der Waals surface area contributed by atoms with Crippen LogP contribution in [0.3, 0.4) is 0 Å². The monoisotopic (exact) mass is 918 g/mol. The maximum atomic E-state index is 12.5. The fourth-order valence-corrected chi connectivity index (χ4v) is 8.52. The first-order valence-electron chi connectivity index (χ1n) is 28.8. The number of carbonyl (C=O) groups is 1. The molecule has 0 spiro atoms. The summed E-state index contributed by atoms with van der Waals surface area (Å²) in [6.45, 7) is 4.20. The van der Waals surface area contributed by atoms with Gasteiger partial charge in [-0.05, 0) is 77.0 Å². The van der Waals surface area contributed by atoms with E-state index in [0.29, 0.717) is 6.42 Å². The molecule has 4 heteroatoms. The zero-order chi connectivity index (χ0) is 47.7. The predicted molar refractivity (Wildman–Crippen MR) is 294 cm³/mol. The zero-order valence-corrected chi connectivity index (χ0v) is 43.9. The van der Waals surface area contributed by atoms with Crippen LogP contribution in [0.5, 0.6) is 0 Å². The Labute approximate surface area is 411 Å². The Kier molecular flexibility index (Phi) is 54.8. The van der Waals surface area contributed by atoms with Crippen LogP contribution in [0.1, 0.15) is 284 Å². The highest BCUT2D eigenvalue weighted by Gasteiger charge is 2.18. The third-order valence-electron chi connectivity index (χ3n) is 12.9. The lowest BCUT2D eigenvalue weighted by Gasteiger charge is -2.19. The van der Waals surface area contributed by atoms with Gasteiger partial charge in [0.15, 0.2) is 0 Å². The average Bonchev–Trinajstić information content (AvgIpc) is 3.32. The van der Waals surface area contributed by atoms with Gasteiger partial charge in [-0.15, -0.1) is 0 Å². The van der Waals surface area contributed by atoms with Crippen LogP contribution in [-0.2, 0) is 4.79 Å². The third kappa shape index (κ3) is 52.5. The minimum Gasteiger partial charge on any atom is -0.394 e. The van der Waals surface area contributed by atoms with Crippen LogP contribution in [-0.4, -0.2) is 34.9 Å². The van der Waals surface area contributed by atoms with E-state index in [1.165, 1.54) is 199 Å². The first-order chi connectivity index (χ1) is 32.7. The lowest BCUT2D eigenvalue weighted by molar-refractivity contribution is -0.123. The third-order valence-corrected chi connectivity index (χ3v) is 12.9. The molecule has 0 aliphatic carbocycles. The number of rotatable bonds is 52. The lowest BCUT2D eigenvalue weighted by atomic mass is 10.0. The Bertz CT molecular complexity index is 1180. The molecular formula is C62H111NO3. The Balaban J connectivity index is 3.55. The van der Waals surface area contributed by atoms with Gasteiger partial charge in [0, 0.05) is 6.42 Å². The molecule has 0 bridgehead atoms. The van der Waals surface area contributed by atoms with E-state index >= 15 is 0 Å². The van der Waals surface area contributed by atoms with E-state index in [4.69, 9.17) is 0 Å².